The predicted octanol–water partition coefficient (Wildman–Crippen LogP) is -1.07. The molecule has 234 valence electrons. The maximum atomic E-state index is 13.0. The van der Waals surface area contributed by atoms with Crippen LogP contribution in [0.2, 0.25) is 0 Å². The number of carboxylic acid groups (broad SMARTS) is 2. The van der Waals surface area contributed by atoms with Gasteiger partial charge in [-0.15, -0.1) is 11.3 Å². The number of piperazine rings is 2. The quantitative estimate of drug-likeness (QED) is 0.240. The van der Waals surface area contributed by atoms with Crippen molar-refractivity contribution in [2.45, 2.75) is 32.6 Å². The number of carbonyl (C=O) groups is 4. The van der Waals surface area contributed by atoms with Gasteiger partial charge in [0, 0.05) is 76.4 Å². The highest BCUT2D eigenvalue weighted by atomic mass is 32.1. The number of carbonyl (C=O) groups excluding carboxylic acids is 4. The molecule has 0 spiro atoms. The van der Waals surface area contributed by atoms with Crippen LogP contribution in [0.4, 0.5) is 25.2 Å². The lowest BCUT2D eigenvalue weighted by atomic mass is 10.1. The van der Waals surface area contributed by atoms with Crippen LogP contribution in [0.15, 0.2) is 24.3 Å². The summed E-state index contributed by atoms with van der Waals surface area (Å²) in [5.41, 5.74) is 2.35. The van der Waals surface area contributed by atoms with Gasteiger partial charge in [0.15, 0.2) is 11.4 Å². The number of urea groups is 1. The summed E-state index contributed by atoms with van der Waals surface area (Å²) >= 11 is 1.46. The number of likely N-dealkylation sites (N-methyl/N-ethyl adjacent to an activating group) is 1. The largest absolute Gasteiger partial charge is 0.530 e. The van der Waals surface area contributed by atoms with Gasteiger partial charge in [-0.3, -0.25) is 9.69 Å². The van der Waals surface area contributed by atoms with E-state index in [1.54, 1.807) is 12.1 Å². The van der Waals surface area contributed by atoms with Crippen LogP contribution in [0.5, 0.6) is 0 Å². The lowest BCUT2D eigenvalue weighted by molar-refractivity contribution is -0.255. The van der Waals surface area contributed by atoms with Gasteiger partial charge in [0.25, 0.3) is 0 Å². The molecule has 3 heterocycles. The van der Waals surface area contributed by atoms with Gasteiger partial charge in [0.1, 0.15) is 12.2 Å². The Hall–Kier alpha value is -4.15. The molecule has 2 fully saturated rings. The third kappa shape index (κ3) is 9.69. The molecule has 2 aliphatic rings. The van der Waals surface area contributed by atoms with E-state index in [4.69, 9.17) is 0 Å². The third-order valence-corrected chi connectivity index (χ3v) is 8.28. The first-order valence-electron chi connectivity index (χ1n) is 14.1. The van der Waals surface area contributed by atoms with Crippen LogP contribution in [-0.4, -0.2) is 114 Å². The molecule has 43 heavy (non-hydrogen) atoms. The molecular weight excluding hydrogens is 578 g/mol. The van der Waals surface area contributed by atoms with Crippen LogP contribution in [0, 0.1) is 0 Å². The number of aromatic nitrogens is 1. The molecule has 0 radical (unpaired) electrons. The fourth-order valence-electron chi connectivity index (χ4n) is 4.95. The van der Waals surface area contributed by atoms with Crippen molar-refractivity contribution < 1.29 is 29.4 Å². The molecular formula is C27H37N9O6S-2. The summed E-state index contributed by atoms with van der Waals surface area (Å²) in [6, 6.07) is 7.19. The Kier molecular flexibility index (Phi) is 11.0. The Labute approximate surface area is 253 Å². The summed E-state index contributed by atoms with van der Waals surface area (Å²) < 4.78 is 0. The number of anilines is 2. The molecule has 2 saturated heterocycles. The second kappa shape index (κ2) is 14.8. The molecule has 15 nitrogen and oxygen atoms in total. The third-order valence-electron chi connectivity index (χ3n) is 7.28. The highest BCUT2D eigenvalue weighted by Crippen LogP contribution is 2.27. The minimum atomic E-state index is -1.65. The normalized spacial score (nSPS) is 16.2. The monoisotopic (exact) mass is 615 g/mol. The Bertz CT molecular complexity index is 1260. The zero-order valence-electron chi connectivity index (χ0n) is 24.3. The predicted molar refractivity (Wildman–Crippen MR) is 156 cm³/mol. The van der Waals surface area contributed by atoms with Gasteiger partial charge >= 0.3 is 6.03 Å². The van der Waals surface area contributed by atoms with Crippen molar-refractivity contribution in [3.63, 3.8) is 0 Å². The summed E-state index contributed by atoms with van der Waals surface area (Å²) in [5.74, 6) is -0.189. The zero-order chi connectivity index (χ0) is 30.9. The van der Waals surface area contributed by atoms with E-state index in [0.717, 1.165) is 55.4 Å². The minimum absolute atomic E-state index is 0.112. The molecule has 1 aromatic heterocycles. The summed E-state index contributed by atoms with van der Waals surface area (Å²) in [7, 11) is 2.07. The molecule has 5 amide bonds. The van der Waals surface area contributed by atoms with E-state index in [9.17, 15) is 29.4 Å². The number of nitrogens with zero attached hydrogens (tertiary/aromatic N) is 5. The van der Waals surface area contributed by atoms with Crippen molar-refractivity contribution >= 4 is 46.3 Å². The molecule has 0 saturated carbocycles. The van der Waals surface area contributed by atoms with Gasteiger partial charge < -0.3 is 55.8 Å². The number of hydrogen-bond donors (Lipinski definition) is 4. The van der Waals surface area contributed by atoms with Gasteiger partial charge in [-0.2, -0.15) is 0 Å². The van der Waals surface area contributed by atoms with E-state index in [2.05, 4.69) is 32.5 Å². The van der Waals surface area contributed by atoms with Crippen molar-refractivity contribution in [1.29, 1.82) is 0 Å². The van der Waals surface area contributed by atoms with Crippen molar-refractivity contribution in [3.8, 4) is 0 Å². The first-order chi connectivity index (χ1) is 20.5. The van der Waals surface area contributed by atoms with Gasteiger partial charge in [0.05, 0.1) is 5.69 Å². The Balaban J connectivity index is 1.33. The van der Waals surface area contributed by atoms with E-state index in [0.29, 0.717) is 43.3 Å². The average Bonchev–Trinajstić information content (AvgIpc) is 3.32. The second-order valence-corrected chi connectivity index (χ2v) is 11.6. The Morgan fingerprint density at radius 1 is 0.884 bits per heavy atom. The number of amides is 5. The molecule has 0 unspecified atom stereocenters. The molecule has 0 atom stereocenters. The second-order valence-electron chi connectivity index (χ2n) is 10.5. The van der Waals surface area contributed by atoms with Crippen LogP contribution in [0.1, 0.15) is 23.1 Å². The average molecular weight is 616 g/mol. The molecule has 4 rings (SSSR count). The lowest BCUT2D eigenvalue weighted by Crippen LogP contribution is -2.58. The molecule has 2 aromatic rings. The van der Waals surface area contributed by atoms with Crippen molar-refractivity contribution in [2.75, 3.05) is 70.0 Å². The zero-order valence-corrected chi connectivity index (χ0v) is 25.1. The van der Waals surface area contributed by atoms with E-state index < -0.39 is 18.5 Å². The molecule has 2 aliphatic heterocycles. The minimum Gasteiger partial charge on any atom is -0.530 e. The number of hydrogen-bond acceptors (Lipinski definition) is 11. The van der Waals surface area contributed by atoms with Gasteiger partial charge in [0.2, 0.25) is 5.91 Å². The van der Waals surface area contributed by atoms with Gasteiger partial charge in [-0.05, 0) is 37.6 Å². The summed E-state index contributed by atoms with van der Waals surface area (Å²) in [6.45, 7) is 8.24. The Morgan fingerprint density at radius 2 is 1.47 bits per heavy atom. The number of thiazole rings is 1. The SMILES string of the molecule is CC(=O)Nc1nc(CCc2ccc(NC(NC(=O)[O-])NC(=O)[O-])cc2)c(CN2CCN(C(=O)N3CCN(C)CC3)CC2)s1. The summed E-state index contributed by atoms with van der Waals surface area (Å²) in [6.07, 6.45) is -3.36. The maximum absolute atomic E-state index is 13.0. The summed E-state index contributed by atoms with van der Waals surface area (Å²) in [5, 5.41) is 31.5. The number of nitrogens with one attached hydrogen (secondary N) is 4. The van der Waals surface area contributed by atoms with E-state index in [1.807, 2.05) is 32.6 Å². The molecule has 4 N–H and O–H groups in total. The fraction of sp³-hybridized carbons (Fsp3) is 0.519. The van der Waals surface area contributed by atoms with Crippen molar-refractivity contribution in [2.24, 2.45) is 0 Å². The highest BCUT2D eigenvalue weighted by Gasteiger charge is 2.28. The lowest BCUT2D eigenvalue weighted by Gasteiger charge is -2.39. The summed E-state index contributed by atoms with van der Waals surface area (Å²) in [4.78, 5) is 60.4. The van der Waals surface area contributed by atoms with Gasteiger partial charge in [-0.25, -0.2) is 9.78 Å². The van der Waals surface area contributed by atoms with Crippen molar-refractivity contribution in [3.05, 3.63) is 40.4 Å². The number of aryl methyl sites for hydroxylation is 2. The fourth-order valence-corrected chi connectivity index (χ4v) is 6.04. The van der Waals surface area contributed by atoms with Crippen LogP contribution < -0.4 is 31.5 Å². The molecule has 1 aromatic carbocycles. The number of benzene rings is 1. The standard InChI is InChI=1S/C27H39N9O6S/c1-18(37)28-24-30-21(8-5-19-3-6-20(7-4-19)29-23(31-25(38)39)32-26(40)41)22(43-24)17-34-11-15-36(16-12-34)27(42)35-13-9-33(2)10-14-35/h3-4,6-7,23,29,31-32H,5,8-17H2,1-2H3,(H,38,39)(H,40,41)(H,28,30,37)/p-2. The van der Waals surface area contributed by atoms with E-state index in [-0.39, 0.29) is 11.9 Å². The topological polar surface area (TPSA) is 188 Å². The molecule has 0 bridgehead atoms. The maximum Gasteiger partial charge on any atom is 0.320 e. The van der Waals surface area contributed by atoms with Crippen molar-refractivity contribution in [1.82, 2.24) is 35.2 Å². The molecule has 16 heteroatoms. The highest BCUT2D eigenvalue weighted by molar-refractivity contribution is 7.15. The van der Waals surface area contributed by atoms with Crippen LogP contribution in [0.3, 0.4) is 0 Å². The van der Waals surface area contributed by atoms with Crippen LogP contribution in [-0.2, 0) is 24.2 Å². The van der Waals surface area contributed by atoms with E-state index >= 15 is 0 Å². The Morgan fingerprint density at radius 3 is 2.02 bits per heavy atom. The van der Waals surface area contributed by atoms with Crippen LogP contribution in [0.25, 0.3) is 0 Å². The first kappa shape index (κ1) is 31.8. The van der Waals surface area contributed by atoms with E-state index in [1.165, 1.54) is 18.3 Å². The smallest absolute Gasteiger partial charge is 0.320 e. The molecule has 0 aliphatic carbocycles. The van der Waals surface area contributed by atoms with Crippen LogP contribution >= 0.6 is 11.3 Å². The van der Waals surface area contributed by atoms with Gasteiger partial charge in [-0.1, -0.05) is 12.1 Å². The first-order valence-corrected chi connectivity index (χ1v) is 14.9. The number of rotatable bonds is 10.